The van der Waals surface area contributed by atoms with E-state index >= 15 is 0 Å². The van der Waals surface area contributed by atoms with Gasteiger partial charge in [0.25, 0.3) is 0 Å². The van der Waals surface area contributed by atoms with Crippen LogP contribution in [0.1, 0.15) is 18.0 Å². The summed E-state index contributed by atoms with van der Waals surface area (Å²) in [6.07, 6.45) is 1.06. The van der Waals surface area contributed by atoms with Gasteiger partial charge in [-0.2, -0.15) is 16.3 Å². The van der Waals surface area contributed by atoms with Crippen molar-refractivity contribution in [3.8, 4) is 0 Å². The van der Waals surface area contributed by atoms with Crippen LogP contribution in [-0.4, -0.2) is 47.5 Å². The van der Waals surface area contributed by atoms with E-state index in [1.165, 1.54) is 5.56 Å². The van der Waals surface area contributed by atoms with Crippen molar-refractivity contribution in [3.05, 3.63) is 22.4 Å². The van der Waals surface area contributed by atoms with E-state index in [0.29, 0.717) is 6.04 Å². The molecule has 7 heteroatoms. The molecule has 0 spiro atoms. The maximum Gasteiger partial charge on any atom is 0.246 e. The Balaban J connectivity index is 1.66. The predicted molar refractivity (Wildman–Crippen MR) is 80.7 cm³/mol. The van der Waals surface area contributed by atoms with Gasteiger partial charge in [-0.15, -0.1) is 5.10 Å². The zero-order chi connectivity index (χ0) is 13.4. The molecule has 0 amide bonds. The fourth-order valence-corrected chi connectivity index (χ4v) is 3.57. The molecule has 1 saturated heterocycles. The van der Waals surface area contributed by atoms with Crippen LogP contribution in [0.2, 0.25) is 0 Å². The van der Waals surface area contributed by atoms with Crippen LogP contribution in [0.4, 0.5) is 11.9 Å². The van der Waals surface area contributed by atoms with Crippen molar-refractivity contribution in [2.75, 3.05) is 42.9 Å². The van der Waals surface area contributed by atoms with E-state index in [0.717, 1.165) is 51.0 Å². The summed E-state index contributed by atoms with van der Waals surface area (Å²) in [5.41, 5.74) is 1.34. The zero-order valence-electron chi connectivity index (χ0n) is 11.2. The SMILES string of the molecule is c1cc(C2CCNc3nc(N4CCNCC4)nn32)cs1. The summed E-state index contributed by atoms with van der Waals surface area (Å²) in [7, 11) is 0. The Morgan fingerprint density at radius 2 is 2.15 bits per heavy atom. The van der Waals surface area contributed by atoms with Crippen LogP contribution in [0.15, 0.2) is 16.8 Å². The van der Waals surface area contributed by atoms with E-state index in [1.807, 2.05) is 0 Å². The van der Waals surface area contributed by atoms with Crippen molar-refractivity contribution >= 4 is 23.2 Å². The lowest BCUT2D eigenvalue weighted by Crippen LogP contribution is -2.44. The van der Waals surface area contributed by atoms with E-state index in [9.17, 15) is 0 Å². The minimum absolute atomic E-state index is 0.321. The summed E-state index contributed by atoms with van der Waals surface area (Å²) < 4.78 is 2.06. The van der Waals surface area contributed by atoms with Gasteiger partial charge in [0.15, 0.2) is 0 Å². The average Bonchev–Trinajstić information content (AvgIpc) is 3.17. The number of nitrogens with one attached hydrogen (secondary N) is 2. The van der Waals surface area contributed by atoms with Crippen LogP contribution >= 0.6 is 11.3 Å². The molecule has 0 bridgehead atoms. The normalized spacial score (nSPS) is 22.4. The van der Waals surface area contributed by atoms with Gasteiger partial charge in [-0.05, 0) is 28.8 Å². The summed E-state index contributed by atoms with van der Waals surface area (Å²) in [5.74, 6) is 1.76. The molecule has 0 aliphatic carbocycles. The molecule has 0 saturated carbocycles. The van der Waals surface area contributed by atoms with Gasteiger partial charge in [0, 0.05) is 32.7 Å². The number of hydrogen-bond donors (Lipinski definition) is 2. The molecule has 0 aromatic carbocycles. The molecule has 2 aliphatic rings. The van der Waals surface area contributed by atoms with Crippen molar-refractivity contribution in [1.29, 1.82) is 0 Å². The third-order valence-electron chi connectivity index (χ3n) is 3.94. The standard InChI is InChI=1S/C13H18N6S/c1-3-15-12-16-13(18-6-4-14-5-7-18)17-19(12)11(1)10-2-8-20-9-10/h2,8-9,11,14H,1,3-7H2,(H,15,16,17). The van der Waals surface area contributed by atoms with Gasteiger partial charge in [-0.25, -0.2) is 4.68 Å². The first-order chi connectivity index (χ1) is 9.92. The minimum atomic E-state index is 0.321. The number of piperazine rings is 1. The molecule has 1 unspecified atom stereocenters. The molecule has 1 atom stereocenters. The predicted octanol–water partition coefficient (Wildman–Crippen LogP) is 1.15. The van der Waals surface area contributed by atoms with Crippen molar-refractivity contribution in [2.45, 2.75) is 12.5 Å². The third-order valence-corrected chi connectivity index (χ3v) is 4.65. The number of rotatable bonds is 2. The van der Waals surface area contributed by atoms with Gasteiger partial charge < -0.3 is 15.5 Å². The summed E-state index contributed by atoms with van der Waals surface area (Å²) in [6, 6.07) is 2.51. The maximum atomic E-state index is 4.76. The highest BCUT2D eigenvalue weighted by Gasteiger charge is 2.26. The third kappa shape index (κ3) is 2.06. The fraction of sp³-hybridized carbons (Fsp3) is 0.538. The molecule has 2 N–H and O–H groups in total. The fourth-order valence-electron chi connectivity index (χ4n) is 2.86. The highest BCUT2D eigenvalue weighted by molar-refractivity contribution is 7.07. The van der Waals surface area contributed by atoms with Gasteiger partial charge in [0.05, 0.1) is 6.04 Å². The second-order valence-electron chi connectivity index (χ2n) is 5.20. The van der Waals surface area contributed by atoms with Crippen LogP contribution < -0.4 is 15.5 Å². The van der Waals surface area contributed by atoms with Crippen molar-refractivity contribution in [1.82, 2.24) is 20.1 Å². The number of anilines is 2. The number of hydrogen-bond acceptors (Lipinski definition) is 6. The number of aromatic nitrogens is 3. The van der Waals surface area contributed by atoms with Crippen LogP contribution in [0, 0.1) is 0 Å². The molecule has 2 aromatic heterocycles. The summed E-state index contributed by atoms with van der Waals surface area (Å²) in [6.45, 7) is 4.93. The zero-order valence-corrected chi connectivity index (χ0v) is 12.1. The quantitative estimate of drug-likeness (QED) is 0.869. The molecular formula is C13H18N6S. The average molecular weight is 290 g/mol. The minimum Gasteiger partial charge on any atom is -0.354 e. The van der Waals surface area contributed by atoms with Crippen molar-refractivity contribution in [3.63, 3.8) is 0 Å². The lowest BCUT2D eigenvalue weighted by Gasteiger charge is -2.26. The lowest BCUT2D eigenvalue weighted by atomic mass is 10.1. The van der Waals surface area contributed by atoms with Crippen LogP contribution in [0.25, 0.3) is 0 Å². The second kappa shape index (κ2) is 5.06. The molecule has 1 fully saturated rings. The largest absolute Gasteiger partial charge is 0.354 e. The Labute approximate surface area is 121 Å². The van der Waals surface area contributed by atoms with Crippen LogP contribution in [0.5, 0.6) is 0 Å². The van der Waals surface area contributed by atoms with E-state index in [-0.39, 0.29) is 0 Å². The van der Waals surface area contributed by atoms with E-state index in [4.69, 9.17) is 5.10 Å². The highest BCUT2D eigenvalue weighted by atomic mass is 32.1. The highest BCUT2D eigenvalue weighted by Crippen LogP contribution is 2.30. The summed E-state index contributed by atoms with van der Waals surface area (Å²) in [4.78, 5) is 6.93. The number of fused-ring (bicyclic) bond motifs is 1. The second-order valence-corrected chi connectivity index (χ2v) is 5.98. The van der Waals surface area contributed by atoms with E-state index < -0.39 is 0 Å². The molecule has 0 radical (unpaired) electrons. The van der Waals surface area contributed by atoms with Crippen LogP contribution in [0.3, 0.4) is 0 Å². The van der Waals surface area contributed by atoms with Gasteiger partial charge in [-0.3, -0.25) is 0 Å². The molecule has 6 nitrogen and oxygen atoms in total. The van der Waals surface area contributed by atoms with Gasteiger partial charge in [0.2, 0.25) is 11.9 Å². The first-order valence-corrected chi connectivity index (χ1v) is 8.04. The maximum absolute atomic E-state index is 4.76. The topological polar surface area (TPSA) is 58.0 Å². The monoisotopic (exact) mass is 290 g/mol. The van der Waals surface area contributed by atoms with Gasteiger partial charge in [-0.1, -0.05) is 0 Å². The molecule has 106 valence electrons. The molecule has 2 aromatic rings. The Bertz CT molecular complexity index is 572. The first kappa shape index (κ1) is 12.2. The smallest absolute Gasteiger partial charge is 0.246 e. The molecule has 20 heavy (non-hydrogen) atoms. The Hall–Kier alpha value is -1.60. The molecule has 4 heterocycles. The van der Waals surface area contributed by atoms with Crippen molar-refractivity contribution in [2.24, 2.45) is 0 Å². The molecule has 4 rings (SSSR count). The molecule has 2 aliphatic heterocycles. The Morgan fingerprint density at radius 1 is 1.25 bits per heavy atom. The lowest BCUT2D eigenvalue weighted by molar-refractivity contribution is 0.479. The summed E-state index contributed by atoms with van der Waals surface area (Å²) >= 11 is 1.74. The Morgan fingerprint density at radius 3 is 2.95 bits per heavy atom. The Kier molecular flexibility index (Phi) is 3.08. The summed E-state index contributed by atoms with van der Waals surface area (Å²) in [5, 5.41) is 15.8. The van der Waals surface area contributed by atoms with Gasteiger partial charge >= 0.3 is 0 Å². The van der Waals surface area contributed by atoms with E-state index in [1.54, 1.807) is 11.3 Å². The van der Waals surface area contributed by atoms with Gasteiger partial charge in [0.1, 0.15) is 0 Å². The van der Waals surface area contributed by atoms with Crippen LogP contribution in [-0.2, 0) is 0 Å². The first-order valence-electron chi connectivity index (χ1n) is 7.10. The number of thiophene rings is 1. The molecular weight excluding hydrogens is 272 g/mol. The number of nitrogens with zero attached hydrogens (tertiary/aromatic N) is 4. The van der Waals surface area contributed by atoms with E-state index in [2.05, 4.69) is 42.0 Å². The van der Waals surface area contributed by atoms with Crippen molar-refractivity contribution < 1.29 is 0 Å².